The highest BCUT2D eigenvalue weighted by molar-refractivity contribution is 7.14. The van der Waals surface area contributed by atoms with Crippen molar-refractivity contribution < 1.29 is 4.79 Å². The maximum absolute atomic E-state index is 10.9. The van der Waals surface area contributed by atoms with E-state index in [-0.39, 0.29) is 5.78 Å². The normalized spacial score (nSPS) is 10.5. The summed E-state index contributed by atoms with van der Waals surface area (Å²) in [5.74, 6) is 0.166. The number of thiazole rings is 1. The van der Waals surface area contributed by atoms with Crippen LogP contribution in [0.5, 0.6) is 0 Å². The highest BCUT2D eigenvalue weighted by Gasteiger charge is 2.09. The van der Waals surface area contributed by atoms with E-state index < -0.39 is 0 Å². The van der Waals surface area contributed by atoms with Crippen LogP contribution >= 0.6 is 22.7 Å². The zero-order valence-electron chi connectivity index (χ0n) is 8.61. The van der Waals surface area contributed by atoms with Crippen molar-refractivity contribution in [3.63, 3.8) is 0 Å². The minimum atomic E-state index is 0.166. The minimum Gasteiger partial charge on any atom is -0.300 e. The van der Waals surface area contributed by atoms with Crippen LogP contribution in [0.25, 0.3) is 10.6 Å². The molecule has 0 saturated carbocycles. The van der Waals surface area contributed by atoms with Crippen molar-refractivity contribution in [3.8, 4) is 10.6 Å². The van der Waals surface area contributed by atoms with Gasteiger partial charge in [-0.25, -0.2) is 4.98 Å². The molecule has 2 rings (SSSR count). The maximum atomic E-state index is 10.9. The van der Waals surface area contributed by atoms with Gasteiger partial charge in [-0.15, -0.1) is 22.7 Å². The summed E-state index contributed by atoms with van der Waals surface area (Å²) < 4.78 is 0. The second-order valence-corrected chi connectivity index (χ2v) is 5.30. The van der Waals surface area contributed by atoms with Gasteiger partial charge >= 0.3 is 0 Å². The summed E-state index contributed by atoms with van der Waals surface area (Å²) in [6.45, 7) is 3.67. The van der Waals surface area contributed by atoms with Crippen LogP contribution < -0.4 is 0 Å². The van der Waals surface area contributed by atoms with E-state index >= 15 is 0 Å². The molecule has 0 aromatic carbocycles. The van der Waals surface area contributed by atoms with Crippen LogP contribution in [0.4, 0.5) is 0 Å². The molecule has 0 unspecified atom stereocenters. The molecule has 15 heavy (non-hydrogen) atoms. The third-order valence-electron chi connectivity index (χ3n) is 2.05. The van der Waals surface area contributed by atoms with Gasteiger partial charge in [-0.1, -0.05) is 0 Å². The predicted octanol–water partition coefficient (Wildman–Crippen LogP) is 3.31. The van der Waals surface area contributed by atoms with E-state index in [4.69, 9.17) is 0 Å². The van der Waals surface area contributed by atoms with Crippen molar-refractivity contribution in [2.45, 2.75) is 20.3 Å². The van der Waals surface area contributed by atoms with E-state index in [1.165, 1.54) is 10.4 Å². The number of hydrogen-bond acceptors (Lipinski definition) is 4. The van der Waals surface area contributed by atoms with Gasteiger partial charge in [0.2, 0.25) is 0 Å². The van der Waals surface area contributed by atoms with Crippen LogP contribution in [-0.4, -0.2) is 10.8 Å². The fourth-order valence-corrected chi connectivity index (χ4v) is 3.16. The van der Waals surface area contributed by atoms with Crippen LogP contribution in [-0.2, 0) is 11.2 Å². The summed E-state index contributed by atoms with van der Waals surface area (Å²) in [6.07, 6.45) is 0.453. The van der Waals surface area contributed by atoms with Gasteiger partial charge < -0.3 is 0 Å². The first-order valence-corrected chi connectivity index (χ1v) is 6.41. The quantitative estimate of drug-likeness (QED) is 0.819. The molecule has 2 nitrogen and oxygen atoms in total. The molecule has 0 amide bonds. The second kappa shape index (κ2) is 4.24. The molecule has 2 heterocycles. The van der Waals surface area contributed by atoms with E-state index in [0.29, 0.717) is 6.42 Å². The number of nitrogens with zero attached hydrogens (tertiary/aromatic N) is 1. The molecule has 0 atom stereocenters. The molecule has 2 aromatic heterocycles. The van der Waals surface area contributed by atoms with Crippen molar-refractivity contribution in [3.05, 3.63) is 27.4 Å². The number of rotatable bonds is 3. The van der Waals surface area contributed by atoms with Crippen molar-refractivity contribution in [2.75, 3.05) is 0 Å². The largest absolute Gasteiger partial charge is 0.300 e. The number of hydrogen-bond donors (Lipinski definition) is 0. The van der Waals surface area contributed by atoms with E-state index in [2.05, 4.69) is 23.4 Å². The number of carbonyl (C=O) groups excluding carboxylic acids is 1. The average Bonchev–Trinajstić information content (AvgIpc) is 2.72. The summed E-state index contributed by atoms with van der Waals surface area (Å²) in [5, 5.41) is 5.00. The van der Waals surface area contributed by atoms with Crippen molar-refractivity contribution in [1.82, 2.24) is 4.98 Å². The van der Waals surface area contributed by atoms with Gasteiger partial charge in [-0.3, -0.25) is 4.79 Å². The summed E-state index contributed by atoms with van der Waals surface area (Å²) >= 11 is 3.25. The van der Waals surface area contributed by atoms with E-state index in [0.717, 1.165) is 10.7 Å². The molecule has 0 aliphatic heterocycles. The van der Waals surface area contributed by atoms with Crippen LogP contribution in [0.3, 0.4) is 0 Å². The zero-order valence-corrected chi connectivity index (χ0v) is 10.2. The van der Waals surface area contributed by atoms with E-state index in [1.54, 1.807) is 29.6 Å². The average molecular weight is 237 g/mol. The molecule has 78 valence electrons. The number of aromatic nitrogens is 1. The first-order valence-electron chi connectivity index (χ1n) is 4.65. The minimum absolute atomic E-state index is 0.166. The standard InChI is InChI=1S/C11H11NOS2/c1-7-3-4-14-11(7)9-6-15-10(12-9)5-8(2)13/h3-4,6H,5H2,1-2H3. The zero-order chi connectivity index (χ0) is 10.8. The third kappa shape index (κ3) is 2.33. The summed E-state index contributed by atoms with van der Waals surface area (Å²) in [4.78, 5) is 16.6. The smallest absolute Gasteiger partial charge is 0.136 e. The number of carbonyl (C=O) groups is 1. The first-order chi connectivity index (χ1) is 7.16. The summed E-state index contributed by atoms with van der Waals surface area (Å²) in [6, 6.07) is 2.09. The Kier molecular flexibility index (Phi) is 2.98. The molecule has 2 aromatic rings. The Morgan fingerprint density at radius 1 is 1.47 bits per heavy atom. The topological polar surface area (TPSA) is 30.0 Å². The van der Waals surface area contributed by atoms with Crippen LogP contribution in [0.15, 0.2) is 16.8 Å². The number of aryl methyl sites for hydroxylation is 1. The Labute approximate surface area is 96.6 Å². The summed E-state index contributed by atoms with van der Waals surface area (Å²) in [7, 11) is 0. The molecule has 4 heteroatoms. The Hall–Kier alpha value is -1.00. The van der Waals surface area contributed by atoms with Gasteiger partial charge in [0, 0.05) is 5.38 Å². The fraction of sp³-hybridized carbons (Fsp3) is 0.273. The highest BCUT2D eigenvalue weighted by Crippen LogP contribution is 2.29. The van der Waals surface area contributed by atoms with Crippen LogP contribution in [0.1, 0.15) is 17.5 Å². The first kappa shape index (κ1) is 10.5. The summed E-state index contributed by atoms with van der Waals surface area (Å²) in [5.41, 5.74) is 2.25. The highest BCUT2D eigenvalue weighted by atomic mass is 32.1. The van der Waals surface area contributed by atoms with E-state index in [1.807, 2.05) is 5.38 Å². The second-order valence-electron chi connectivity index (χ2n) is 3.44. The lowest BCUT2D eigenvalue weighted by Gasteiger charge is -1.92. The molecule has 0 fully saturated rings. The molecule has 0 bridgehead atoms. The number of ketones is 1. The SMILES string of the molecule is CC(=O)Cc1nc(-c2sccc2C)cs1. The fourth-order valence-electron chi connectivity index (χ4n) is 1.34. The Morgan fingerprint density at radius 2 is 2.27 bits per heavy atom. The van der Waals surface area contributed by atoms with Crippen molar-refractivity contribution >= 4 is 28.5 Å². The molecule has 0 aliphatic carbocycles. The molecule has 0 aliphatic rings. The maximum Gasteiger partial charge on any atom is 0.136 e. The molecule has 0 saturated heterocycles. The van der Waals surface area contributed by atoms with Gasteiger partial charge in [0.05, 0.1) is 17.0 Å². The monoisotopic (exact) mass is 237 g/mol. The molecular formula is C11H11NOS2. The van der Waals surface area contributed by atoms with Crippen LogP contribution in [0, 0.1) is 6.92 Å². The van der Waals surface area contributed by atoms with Gasteiger partial charge in [-0.05, 0) is 30.9 Å². The van der Waals surface area contributed by atoms with Gasteiger partial charge in [0.1, 0.15) is 10.8 Å². The van der Waals surface area contributed by atoms with Gasteiger partial charge in [0.15, 0.2) is 0 Å². The lowest BCUT2D eigenvalue weighted by molar-refractivity contribution is -0.116. The Balaban J connectivity index is 2.28. The van der Waals surface area contributed by atoms with Crippen LogP contribution in [0.2, 0.25) is 0 Å². The molecule has 0 N–H and O–H groups in total. The number of thiophene rings is 1. The molecule has 0 radical (unpaired) electrons. The van der Waals surface area contributed by atoms with Gasteiger partial charge in [-0.2, -0.15) is 0 Å². The number of Topliss-reactive ketones (excluding diaryl/α,β-unsaturated/α-hetero) is 1. The third-order valence-corrected chi connectivity index (χ3v) is 3.93. The van der Waals surface area contributed by atoms with Gasteiger partial charge in [0.25, 0.3) is 0 Å². The molecule has 0 spiro atoms. The Bertz CT molecular complexity index is 484. The Morgan fingerprint density at radius 3 is 2.87 bits per heavy atom. The van der Waals surface area contributed by atoms with Crippen molar-refractivity contribution in [2.24, 2.45) is 0 Å². The predicted molar refractivity (Wildman–Crippen MR) is 64.5 cm³/mol. The lowest BCUT2D eigenvalue weighted by Crippen LogP contribution is -1.94. The molecular weight excluding hydrogens is 226 g/mol. The lowest BCUT2D eigenvalue weighted by atomic mass is 10.2. The van der Waals surface area contributed by atoms with Crippen molar-refractivity contribution in [1.29, 1.82) is 0 Å². The van der Waals surface area contributed by atoms with E-state index in [9.17, 15) is 4.79 Å².